The Morgan fingerprint density at radius 3 is 1.90 bits per heavy atom. The summed E-state index contributed by atoms with van der Waals surface area (Å²) < 4.78 is 25.0. The number of hydrogen-bond donors (Lipinski definition) is 0. The summed E-state index contributed by atoms with van der Waals surface area (Å²) >= 11 is 12.3. The zero-order valence-corrected chi connectivity index (χ0v) is 13.4. The maximum atomic E-state index is 13.0. The van der Waals surface area contributed by atoms with E-state index < -0.39 is 19.4 Å². The van der Waals surface area contributed by atoms with E-state index in [0.717, 1.165) is 5.56 Å². The van der Waals surface area contributed by atoms with E-state index in [2.05, 4.69) is 0 Å². The van der Waals surface area contributed by atoms with Gasteiger partial charge in [0.1, 0.15) is 4.33 Å². The van der Waals surface area contributed by atoms with Crippen LogP contribution in [0, 0.1) is 5.92 Å². The Labute approximate surface area is 134 Å². The maximum absolute atomic E-state index is 13.0. The highest BCUT2D eigenvalue weighted by Gasteiger charge is 2.59. The minimum atomic E-state index is -3.53. The number of alkyl halides is 2. The molecule has 0 saturated heterocycles. The van der Waals surface area contributed by atoms with E-state index >= 15 is 0 Å². The second-order valence-electron chi connectivity index (χ2n) is 5.26. The lowest BCUT2D eigenvalue weighted by molar-refractivity contribution is 0.571. The van der Waals surface area contributed by atoms with Crippen LogP contribution in [0.25, 0.3) is 0 Å². The molecule has 2 unspecified atom stereocenters. The predicted octanol–water partition coefficient (Wildman–Crippen LogP) is 4.40. The van der Waals surface area contributed by atoms with Crippen LogP contribution in [0.3, 0.4) is 0 Å². The SMILES string of the molecule is O=S(=O)(c1ccccc1)C(c1ccccc1)C1CC1(Cl)Cl. The minimum Gasteiger partial charge on any atom is -0.223 e. The van der Waals surface area contributed by atoms with Gasteiger partial charge in [-0.1, -0.05) is 48.5 Å². The van der Waals surface area contributed by atoms with E-state index in [-0.39, 0.29) is 5.92 Å². The molecule has 1 aliphatic rings. The number of rotatable bonds is 4. The highest BCUT2D eigenvalue weighted by Crippen LogP contribution is 2.61. The summed E-state index contributed by atoms with van der Waals surface area (Å²) in [5, 5.41) is -0.712. The number of halogens is 2. The zero-order valence-electron chi connectivity index (χ0n) is 11.1. The first kappa shape index (κ1) is 14.9. The first-order chi connectivity index (χ1) is 9.93. The van der Waals surface area contributed by atoms with Crippen LogP contribution in [0.1, 0.15) is 17.2 Å². The molecule has 0 bridgehead atoms. The lowest BCUT2D eigenvalue weighted by Gasteiger charge is -2.19. The summed E-state index contributed by atoms with van der Waals surface area (Å²) in [5.74, 6) is -0.284. The van der Waals surface area contributed by atoms with Crippen molar-refractivity contribution in [3.63, 3.8) is 0 Å². The van der Waals surface area contributed by atoms with Crippen molar-refractivity contribution in [3.8, 4) is 0 Å². The summed E-state index contributed by atoms with van der Waals surface area (Å²) in [6.07, 6.45) is 0.488. The normalized spacial score (nSPS) is 21.7. The molecule has 2 atom stereocenters. The van der Waals surface area contributed by atoms with Crippen LogP contribution >= 0.6 is 23.2 Å². The summed E-state index contributed by atoms with van der Waals surface area (Å²) in [5.41, 5.74) is 0.731. The molecule has 0 radical (unpaired) electrons. The summed E-state index contributed by atoms with van der Waals surface area (Å²) in [6.45, 7) is 0. The Hall–Kier alpha value is -1.03. The van der Waals surface area contributed by atoms with Gasteiger partial charge in [0, 0.05) is 5.92 Å². The fraction of sp³-hybridized carbons (Fsp3) is 0.250. The van der Waals surface area contributed by atoms with Gasteiger partial charge in [-0.2, -0.15) is 0 Å². The fourth-order valence-corrected chi connectivity index (χ4v) is 5.43. The van der Waals surface area contributed by atoms with Crippen LogP contribution in [0.4, 0.5) is 0 Å². The van der Waals surface area contributed by atoms with E-state index in [1.165, 1.54) is 0 Å². The van der Waals surface area contributed by atoms with E-state index in [1.54, 1.807) is 30.3 Å². The Bertz CT molecular complexity index is 727. The summed E-state index contributed by atoms with van der Waals surface area (Å²) in [4.78, 5) is 0.301. The first-order valence-electron chi connectivity index (χ1n) is 6.64. The third-order valence-corrected chi connectivity index (χ3v) is 6.84. The predicted molar refractivity (Wildman–Crippen MR) is 85.4 cm³/mol. The second kappa shape index (κ2) is 5.31. The van der Waals surface area contributed by atoms with Gasteiger partial charge in [0.05, 0.1) is 10.1 Å². The van der Waals surface area contributed by atoms with Crippen molar-refractivity contribution < 1.29 is 8.42 Å². The third-order valence-electron chi connectivity index (χ3n) is 3.77. The van der Waals surface area contributed by atoms with Crippen molar-refractivity contribution in [1.29, 1.82) is 0 Å². The van der Waals surface area contributed by atoms with Crippen LogP contribution in [0.5, 0.6) is 0 Å². The Morgan fingerprint density at radius 2 is 1.43 bits per heavy atom. The van der Waals surface area contributed by atoms with Crippen LogP contribution in [0.2, 0.25) is 0 Å². The molecule has 0 aliphatic heterocycles. The average Bonchev–Trinajstić information content (AvgIpc) is 3.09. The van der Waals surface area contributed by atoms with Gasteiger partial charge >= 0.3 is 0 Å². The van der Waals surface area contributed by atoms with Gasteiger partial charge in [-0.15, -0.1) is 23.2 Å². The lowest BCUT2D eigenvalue weighted by atomic mass is 10.1. The van der Waals surface area contributed by atoms with Crippen LogP contribution < -0.4 is 0 Å². The van der Waals surface area contributed by atoms with E-state index in [9.17, 15) is 8.42 Å². The van der Waals surface area contributed by atoms with Crippen LogP contribution in [-0.2, 0) is 9.84 Å². The standard InChI is InChI=1S/C16H14Cl2O2S/c17-16(18)11-14(16)15(12-7-3-1-4-8-12)21(19,20)13-9-5-2-6-10-13/h1-10,14-15H,11H2. The quantitative estimate of drug-likeness (QED) is 0.773. The molecule has 110 valence electrons. The molecule has 1 fully saturated rings. The lowest BCUT2D eigenvalue weighted by Crippen LogP contribution is -2.18. The Morgan fingerprint density at radius 1 is 0.952 bits per heavy atom. The largest absolute Gasteiger partial charge is 0.223 e. The smallest absolute Gasteiger partial charge is 0.185 e. The molecule has 1 aliphatic carbocycles. The van der Waals surface area contributed by atoms with E-state index in [4.69, 9.17) is 23.2 Å². The highest BCUT2D eigenvalue weighted by atomic mass is 35.5. The van der Waals surface area contributed by atoms with Gasteiger partial charge in [-0.05, 0) is 24.1 Å². The van der Waals surface area contributed by atoms with Gasteiger partial charge in [-0.3, -0.25) is 0 Å². The summed E-state index contributed by atoms with van der Waals surface area (Å²) in [6, 6.07) is 17.6. The van der Waals surface area contributed by atoms with Crippen LogP contribution in [0.15, 0.2) is 65.6 Å². The summed E-state index contributed by atoms with van der Waals surface area (Å²) in [7, 11) is -3.53. The molecular formula is C16H14Cl2O2S. The fourth-order valence-electron chi connectivity index (χ4n) is 2.59. The van der Waals surface area contributed by atoms with Crippen LogP contribution in [-0.4, -0.2) is 12.8 Å². The molecule has 3 rings (SSSR count). The Balaban J connectivity index is 2.09. The molecule has 2 aromatic carbocycles. The molecule has 0 spiro atoms. The van der Waals surface area contributed by atoms with E-state index in [1.807, 2.05) is 30.3 Å². The van der Waals surface area contributed by atoms with Crippen molar-refractivity contribution >= 4 is 33.0 Å². The van der Waals surface area contributed by atoms with Crippen molar-refractivity contribution in [1.82, 2.24) is 0 Å². The average molecular weight is 341 g/mol. The van der Waals surface area contributed by atoms with Crippen molar-refractivity contribution in [2.75, 3.05) is 0 Å². The van der Waals surface area contributed by atoms with E-state index in [0.29, 0.717) is 11.3 Å². The molecule has 1 saturated carbocycles. The topological polar surface area (TPSA) is 34.1 Å². The molecule has 2 aromatic rings. The van der Waals surface area contributed by atoms with Gasteiger partial charge in [0.25, 0.3) is 0 Å². The van der Waals surface area contributed by atoms with Gasteiger partial charge < -0.3 is 0 Å². The van der Waals surface area contributed by atoms with Crippen molar-refractivity contribution in [2.24, 2.45) is 5.92 Å². The second-order valence-corrected chi connectivity index (χ2v) is 8.87. The zero-order chi connectivity index (χ0) is 15.1. The molecule has 0 amide bonds. The minimum absolute atomic E-state index is 0.284. The molecule has 21 heavy (non-hydrogen) atoms. The van der Waals surface area contributed by atoms with Gasteiger partial charge in [0.15, 0.2) is 9.84 Å². The molecule has 5 heteroatoms. The number of benzene rings is 2. The number of sulfone groups is 1. The third kappa shape index (κ3) is 2.83. The molecule has 0 heterocycles. The first-order valence-corrected chi connectivity index (χ1v) is 8.95. The number of hydrogen-bond acceptors (Lipinski definition) is 2. The van der Waals surface area contributed by atoms with Crippen molar-refractivity contribution in [2.45, 2.75) is 20.9 Å². The molecule has 0 aromatic heterocycles. The monoisotopic (exact) mass is 340 g/mol. The highest BCUT2D eigenvalue weighted by molar-refractivity contribution is 7.91. The Kier molecular flexibility index (Phi) is 3.76. The van der Waals surface area contributed by atoms with Gasteiger partial charge in [-0.25, -0.2) is 8.42 Å². The maximum Gasteiger partial charge on any atom is 0.185 e. The molecule has 2 nitrogen and oxygen atoms in total. The van der Waals surface area contributed by atoms with Crippen molar-refractivity contribution in [3.05, 3.63) is 66.2 Å². The molecular weight excluding hydrogens is 327 g/mol. The van der Waals surface area contributed by atoms with Gasteiger partial charge in [0.2, 0.25) is 0 Å². The molecule has 0 N–H and O–H groups in total.